The van der Waals surface area contributed by atoms with Crippen molar-refractivity contribution in [1.82, 2.24) is 9.55 Å². The van der Waals surface area contributed by atoms with Crippen molar-refractivity contribution in [2.75, 3.05) is 11.5 Å². The van der Waals surface area contributed by atoms with Gasteiger partial charge in [-0.25, -0.2) is 16.8 Å². The van der Waals surface area contributed by atoms with Gasteiger partial charge in [-0.3, -0.25) is 4.57 Å². The van der Waals surface area contributed by atoms with Gasteiger partial charge in [0, 0.05) is 24.7 Å². The first-order valence-electron chi connectivity index (χ1n) is 4.78. The lowest BCUT2D eigenvalue weighted by Gasteiger charge is -2.03. The average molecular weight is 332 g/mol. The van der Waals surface area contributed by atoms with Gasteiger partial charge in [0.2, 0.25) is 29.7 Å². The van der Waals surface area contributed by atoms with E-state index in [0.717, 1.165) is 4.57 Å². The predicted molar refractivity (Wildman–Crippen MR) is 66.3 cm³/mol. The molecule has 0 N–H and O–H groups in total. The monoisotopic (exact) mass is 331 g/mol. The zero-order chi connectivity index (χ0) is 15.0. The van der Waals surface area contributed by atoms with E-state index in [1.165, 1.54) is 14.0 Å². The largest absolute Gasteiger partial charge is 0.401 e. The lowest BCUT2D eigenvalue weighted by atomic mass is 10.7. The zero-order valence-electron chi connectivity index (χ0n) is 9.90. The van der Waals surface area contributed by atoms with Crippen molar-refractivity contribution >= 4 is 35.4 Å². The van der Waals surface area contributed by atoms with Crippen molar-refractivity contribution in [3.8, 4) is 0 Å². The molecule has 9 nitrogen and oxygen atoms in total. The molecule has 0 fully saturated rings. The van der Waals surface area contributed by atoms with E-state index in [-0.39, 0.29) is 5.82 Å². The number of aromatic nitrogens is 2. The maximum atomic E-state index is 11.9. The number of aryl methyl sites for hydroxylation is 1. The molecule has 0 saturated carbocycles. The molecule has 1 aromatic rings. The van der Waals surface area contributed by atoms with Crippen molar-refractivity contribution in [3.05, 3.63) is 15.9 Å². The Labute approximate surface area is 113 Å². The Bertz CT molecular complexity index is 720. The highest BCUT2D eigenvalue weighted by Crippen LogP contribution is 2.24. The van der Waals surface area contributed by atoms with Gasteiger partial charge in [0.15, 0.2) is 0 Å². The molecule has 1 heterocycles. The summed E-state index contributed by atoms with van der Waals surface area (Å²) >= 11 is 0. The van der Waals surface area contributed by atoms with Gasteiger partial charge in [-0.2, -0.15) is 0 Å². The van der Waals surface area contributed by atoms with Crippen LogP contribution in [0.25, 0.3) is 0 Å². The van der Waals surface area contributed by atoms with E-state index in [1.54, 1.807) is 0 Å². The van der Waals surface area contributed by atoms with Crippen LogP contribution in [0, 0.1) is 17.0 Å². The van der Waals surface area contributed by atoms with Gasteiger partial charge in [0.05, 0.1) is 11.5 Å². The number of halogens is 1. The van der Waals surface area contributed by atoms with Crippen molar-refractivity contribution < 1.29 is 21.8 Å². The maximum Gasteiger partial charge on any atom is 0.401 e. The van der Waals surface area contributed by atoms with Crippen molar-refractivity contribution in [3.63, 3.8) is 0 Å². The molecular weight excluding hydrogens is 322 g/mol. The minimum Gasteiger partial charge on any atom is -0.358 e. The van der Waals surface area contributed by atoms with E-state index in [0.29, 0.717) is 0 Å². The molecule has 1 aromatic heterocycles. The second-order valence-electron chi connectivity index (χ2n) is 3.67. The summed E-state index contributed by atoms with van der Waals surface area (Å²) in [5.74, 6) is -2.39. The average Bonchev–Trinajstić information content (AvgIpc) is 2.53. The highest BCUT2D eigenvalue weighted by molar-refractivity contribution is 8.14. The topological polar surface area (TPSA) is 129 Å². The third-order valence-corrected chi connectivity index (χ3v) is 5.51. The summed E-state index contributed by atoms with van der Waals surface area (Å²) in [4.78, 5) is 13.3. The highest BCUT2D eigenvalue weighted by atomic mass is 35.7. The molecule has 0 bridgehead atoms. The Morgan fingerprint density at radius 1 is 1.32 bits per heavy atom. The zero-order valence-corrected chi connectivity index (χ0v) is 12.3. The number of nitro groups is 1. The van der Waals surface area contributed by atoms with Crippen LogP contribution in [0.5, 0.6) is 0 Å². The van der Waals surface area contributed by atoms with Gasteiger partial charge in [-0.15, -0.1) is 0 Å². The minimum absolute atomic E-state index is 0.124. The molecule has 0 unspecified atom stereocenters. The van der Waals surface area contributed by atoms with Crippen LogP contribution in [0.3, 0.4) is 0 Å². The van der Waals surface area contributed by atoms with Crippen LogP contribution in [0.2, 0.25) is 0 Å². The molecule has 19 heavy (non-hydrogen) atoms. The van der Waals surface area contributed by atoms with E-state index in [1.807, 2.05) is 0 Å². The van der Waals surface area contributed by atoms with E-state index in [9.17, 15) is 26.9 Å². The molecule has 0 aliphatic carbocycles. The number of sulfone groups is 1. The third kappa shape index (κ3) is 3.64. The summed E-state index contributed by atoms with van der Waals surface area (Å²) in [5, 5.41) is 10.1. The summed E-state index contributed by atoms with van der Waals surface area (Å²) < 4.78 is 46.4. The Balaban J connectivity index is 3.33. The maximum absolute atomic E-state index is 11.9. The SMILES string of the molecule is Cc1nc([N+](=O)[O-])c(S(=O)(=O)CCS(=O)(=O)Cl)n1C. The van der Waals surface area contributed by atoms with E-state index < -0.39 is 46.2 Å². The smallest absolute Gasteiger partial charge is 0.358 e. The van der Waals surface area contributed by atoms with E-state index >= 15 is 0 Å². The number of nitrogens with zero attached hydrogens (tertiary/aromatic N) is 3. The fourth-order valence-electron chi connectivity index (χ4n) is 1.35. The molecular formula is C7H10ClN3O6S2. The molecule has 0 amide bonds. The second kappa shape index (κ2) is 5.06. The fraction of sp³-hybridized carbons (Fsp3) is 0.571. The molecule has 0 radical (unpaired) electrons. The molecule has 1 rings (SSSR count). The number of rotatable bonds is 5. The third-order valence-electron chi connectivity index (χ3n) is 2.31. The normalized spacial score (nSPS) is 12.6. The number of imidazole rings is 1. The summed E-state index contributed by atoms with van der Waals surface area (Å²) in [6.07, 6.45) is 0. The molecule has 0 atom stereocenters. The molecule has 0 aromatic carbocycles. The van der Waals surface area contributed by atoms with Crippen molar-refractivity contribution in [2.24, 2.45) is 7.05 Å². The van der Waals surface area contributed by atoms with Crippen molar-refractivity contribution in [1.29, 1.82) is 0 Å². The van der Waals surface area contributed by atoms with Crippen LogP contribution in [-0.2, 0) is 25.9 Å². The van der Waals surface area contributed by atoms with Crippen LogP contribution in [-0.4, -0.2) is 42.8 Å². The lowest BCUT2D eigenvalue weighted by Crippen LogP contribution is -2.18. The molecule has 0 aliphatic rings. The first-order valence-corrected chi connectivity index (χ1v) is 8.91. The van der Waals surface area contributed by atoms with Crippen LogP contribution < -0.4 is 0 Å². The lowest BCUT2D eigenvalue weighted by molar-refractivity contribution is -0.392. The molecule has 0 aliphatic heterocycles. The van der Waals surface area contributed by atoms with Crippen molar-refractivity contribution in [2.45, 2.75) is 11.9 Å². The summed E-state index contributed by atoms with van der Waals surface area (Å²) in [6, 6.07) is 0. The van der Waals surface area contributed by atoms with Gasteiger partial charge < -0.3 is 10.1 Å². The van der Waals surface area contributed by atoms with Gasteiger partial charge in [-0.05, 0) is 9.91 Å². The quantitative estimate of drug-likeness (QED) is 0.421. The van der Waals surface area contributed by atoms with Crippen LogP contribution >= 0.6 is 10.7 Å². The fourth-order valence-corrected chi connectivity index (χ4v) is 4.73. The first kappa shape index (κ1) is 15.9. The standard InChI is InChI=1S/C7H10ClN3O6S2/c1-5-9-6(11(12)13)7(10(5)2)18(14,15)3-4-19(8,16)17/h3-4H2,1-2H3. The van der Waals surface area contributed by atoms with Gasteiger partial charge >= 0.3 is 5.82 Å². The Morgan fingerprint density at radius 3 is 2.26 bits per heavy atom. The number of hydrogen-bond donors (Lipinski definition) is 0. The summed E-state index contributed by atoms with van der Waals surface area (Å²) in [6.45, 7) is 1.39. The van der Waals surface area contributed by atoms with Gasteiger partial charge in [0.1, 0.15) is 0 Å². The Hall–Kier alpha value is -1.20. The van der Waals surface area contributed by atoms with Gasteiger partial charge in [-0.1, -0.05) is 0 Å². The van der Waals surface area contributed by atoms with Gasteiger partial charge in [0.25, 0.3) is 0 Å². The summed E-state index contributed by atoms with van der Waals surface area (Å²) in [7, 11) is -1.98. The Kier molecular flexibility index (Phi) is 4.22. The van der Waals surface area contributed by atoms with Crippen LogP contribution in [0.4, 0.5) is 5.82 Å². The van der Waals surface area contributed by atoms with Crippen LogP contribution in [0.1, 0.15) is 5.82 Å². The second-order valence-corrected chi connectivity index (χ2v) is 8.59. The molecule has 108 valence electrons. The van der Waals surface area contributed by atoms with Crippen LogP contribution in [0.15, 0.2) is 5.03 Å². The predicted octanol–water partition coefficient (Wildman–Crippen LogP) is -0.0210. The molecule has 12 heteroatoms. The first-order chi connectivity index (χ1) is 8.46. The highest BCUT2D eigenvalue weighted by Gasteiger charge is 2.34. The molecule has 0 saturated heterocycles. The van der Waals surface area contributed by atoms with E-state index in [2.05, 4.69) is 4.98 Å². The number of hydrogen-bond acceptors (Lipinski definition) is 7. The van der Waals surface area contributed by atoms with E-state index in [4.69, 9.17) is 10.7 Å². The minimum atomic E-state index is -4.18. The summed E-state index contributed by atoms with van der Waals surface area (Å²) in [5.41, 5.74) is 0. The Morgan fingerprint density at radius 2 is 1.84 bits per heavy atom. The molecule has 0 spiro atoms.